The molecule has 0 aliphatic rings. The van der Waals surface area contributed by atoms with Crippen molar-refractivity contribution in [1.82, 2.24) is 4.57 Å². The Morgan fingerprint density at radius 1 is 1.17 bits per heavy atom. The zero-order valence-corrected chi connectivity index (χ0v) is 13.4. The minimum Gasteiger partial charge on any atom is -0.340 e. The SMILES string of the molecule is C=N/C(Cn1c(C)c(C#N)c(-c2ccc(C#N)cc2)c1C)=N\N=N. The third-order valence-corrected chi connectivity index (χ3v) is 3.85. The molecule has 24 heavy (non-hydrogen) atoms. The molecule has 0 bridgehead atoms. The molecule has 0 aliphatic heterocycles. The average molecular weight is 317 g/mol. The summed E-state index contributed by atoms with van der Waals surface area (Å²) in [4.78, 5) is 3.76. The molecule has 0 radical (unpaired) electrons. The Morgan fingerprint density at radius 2 is 1.83 bits per heavy atom. The van der Waals surface area contributed by atoms with E-state index in [1.54, 1.807) is 12.1 Å². The molecule has 118 valence electrons. The Morgan fingerprint density at radius 3 is 2.33 bits per heavy atom. The summed E-state index contributed by atoms with van der Waals surface area (Å²) in [6, 6.07) is 11.4. The Hall–Kier alpha value is -3.58. The van der Waals surface area contributed by atoms with E-state index in [1.165, 1.54) is 0 Å². The molecule has 2 rings (SSSR count). The first-order chi connectivity index (χ1) is 11.6. The van der Waals surface area contributed by atoms with Gasteiger partial charge in [0.2, 0.25) is 0 Å². The zero-order chi connectivity index (χ0) is 17.7. The fourth-order valence-electron chi connectivity index (χ4n) is 2.63. The molecule has 1 aromatic heterocycles. The van der Waals surface area contributed by atoms with Gasteiger partial charge in [0.1, 0.15) is 6.07 Å². The molecule has 0 saturated carbocycles. The summed E-state index contributed by atoms with van der Waals surface area (Å²) in [6.45, 7) is 7.45. The van der Waals surface area contributed by atoms with Gasteiger partial charge in [-0.3, -0.25) is 0 Å². The summed E-state index contributed by atoms with van der Waals surface area (Å²) in [7, 11) is 0. The second-order valence-corrected chi connectivity index (χ2v) is 5.08. The summed E-state index contributed by atoms with van der Waals surface area (Å²) in [5.74, 6) is 0.294. The number of nitrogens with zero attached hydrogens (tertiary/aromatic N) is 6. The highest BCUT2D eigenvalue weighted by atomic mass is 15.3. The smallest absolute Gasteiger partial charge is 0.171 e. The maximum Gasteiger partial charge on any atom is 0.171 e. The Balaban J connectivity index is 2.61. The van der Waals surface area contributed by atoms with E-state index in [0.29, 0.717) is 17.0 Å². The molecule has 0 aliphatic carbocycles. The summed E-state index contributed by atoms with van der Waals surface area (Å²) < 4.78 is 1.89. The maximum atomic E-state index is 9.56. The molecule has 1 aromatic carbocycles. The molecule has 7 heteroatoms. The van der Waals surface area contributed by atoms with Crippen LogP contribution in [0.4, 0.5) is 0 Å². The van der Waals surface area contributed by atoms with Gasteiger partial charge in [-0.15, -0.1) is 5.10 Å². The number of hydrogen-bond donors (Lipinski definition) is 1. The molecule has 0 amide bonds. The van der Waals surface area contributed by atoms with Crippen molar-refractivity contribution in [3.63, 3.8) is 0 Å². The minimum absolute atomic E-state index is 0.272. The molecule has 1 heterocycles. The lowest BCUT2D eigenvalue weighted by molar-refractivity contribution is 0.781. The van der Waals surface area contributed by atoms with Gasteiger partial charge >= 0.3 is 0 Å². The number of aliphatic imine (C=N–C) groups is 1. The number of benzene rings is 1. The summed E-state index contributed by atoms with van der Waals surface area (Å²) >= 11 is 0. The Kier molecular flexibility index (Phi) is 4.98. The van der Waals surface area contributed by atoms with Gasteiger partial charge in [0.05, 0.1) is 23.7 Å². The first-order valence-corrected chi connectivity index (χ1v) is 7.07. The van der Waals surface area contributed by atoms with Crippen LogP contribution in [-0.4, -0.2) is 17.1 Å². The predicted molar refractivity (Wildman–Crippen MR) is 90.9 cm³/mol. The van der Waals surface area contributed by atoms with E-state index in [1.807, 2.05) is 30.5 Å². The highest BCUT2D eigenvalue weighted by molar-refractivity contribution is 5.86. The molecular weight excluding hydrogens is 302 g/mol. The molecule has 0 atom stereocenters. The fourth-order valence-corrected chi connectivity index (χ4v) is 2.63. The Bertz CT molecular complexity index is 902. The summed E-state index contributed by atoms with van der Waals surface area (Å²) in [5, 5.41) is 25.1. The van der Waals surface area contributed by atoms with Crippen LogP contribution in [0, 0.1) is 42.0 Å². The van der Waals surface area contributed by atoms with E-state index < -0.39 is 0 Å². The summed E-state index contributed by atoms with van der Waals surface area (Å²) in [5.41, 5.74) is 11.3. The molecule has 0 spiro atoms. The highest BCUT2D eigenvalue weighted by Crippen LogP contribution is 2.32. The maximum absolute atomic E-state index is 9.56. The number of amidine groups is 1. The number of hydrogen-bond acceptors (Lipinski definition) is 4. The van der Waals surface area contributed by atoms with E-state index in [0.717, 1.165) is 22.5 Å². The van der Waals surface area contributed by atoms with Crippen molar-refractivity contribution >= 4 is 12.6 Å². The van der Waals surface area contributed by atoms with Crippen LogP contribution in [0.3, 0.4) is 0 Å². The van der Waals surface area contributed by atoms with Crippen molar-refractivity contribution < 1.29 is 0 Å². The average Bonchev–Trinajstić information content (AvgIpc) is 2.85. The van der Waals surface area contributed by atoms with Crippen molar-refractivity contribution in [2.24, 2.45) is 15.3 Å². The first-order valence-electron chi connectivity index (χ1n) is 7.07. The van der Waals surface area contributed by atoms with Crippen LogP contribution in [-0.2, 0) is 6.54 Å². The van der Waals surface area contributed by atoms with Crippen molar-refractivity contribution in [3.05, 3.63) is 46.8 Å². The lowest BCUT2D eigenvalue weighted by Crippen LogP contribution is -2.10. The van der Waals surface area contributed by atoms with E-state index in [2.05, 4.69) is 34.2 Å². The van der Waals surface area contributed by atoms with Crippen LogP contribution >= 0.6 is 0 Å². The van der Waals surface area contributed by atoms with E-state index in [9.17, 15) is 5.26 Å². The van der Waals surface area contributed by atoms with Crippen molar-refractivity contribution in [3.8, 4) is 23.3 Å². The number of nitriles is 2. The van der Waals surface area contributed by atoms with Crippen LogP contribution in [0.1, 0.15) is 22.5 Å². The lowest BCUT2D eigenvalue weighted by atomic mass is 10.0. The zero-order valence-electron chi connectivity index (χ0n) is 13.4. The van der Waals surface area contributed by atoms with E-state index in [4.69, 9.17) is 10.8 Å². The molecule has 1 N–H and O–H groups in total. The van der Waals surface area contributed by atoms with Crippen LogP contribution in [0.15, 0.2) is 39.6 Å². The second-order valence-electron chi connectivity index (χ2n) is 5.08. The fraction of sp³-hybridized carbons (Fsp3) is 0.176. The third-order valence-electron chi connectivity index (χ3n) is 3.85. The lowest BCUT2D eigenvalue weighted by Gasteiger charge is -2.08. The minimum atomic E-state index is 0.272. The van der Waals surface area contributed by atoms with Gasteiger partial charge in [0, 0.05) is 17.0 Å². The van der Waals surface area contributed by atoms with Crippen LogP contribution < -0.4 is 0 Å². The van der Waals surface area contributed by atoms with E-state index >= 15 is 0 Å². The monoisotopic (exact) mass is 317 g/mol. The van der Waals surface area contributed by atoms with Gasteiger partial charge in [0.25, 0.3) is 0 Å². The molecule has 0 saturated heterocycles. The molecule has 7 nitrogen and oxygen atoms in total. The largest absolute Gasteiger partial charge is 0.340 e. The molecule has 0 fully saturated rings. The van der Waals surface area contributed by atoms with Crippen LogP contribution in [0.5, 0.6) is 0 Å². The molecule has 2 aromatic rings. The van der Waals surface area contributed by atoms with Crippen molar-refractivity contribution in [2.45, 2.75) is 20.4 Å². The van der Waals surface area contributed by atoms with Gasteiger partial charge in [-0.2, -0.15) is 16.1 Å². The standard InChI is InChI=1S/C17H15N7/c1-11-15(9-19)17(14-6-4-13(8-18)5-7-14)12(2)24(11)10-16(21-3)22-23-20/h4-7,20H,3,10H2,1-2H3/b22-16-,23-20?. The van der Waals surface area contributed by atoms with Crippen molar-refractivity contribution in [2.75, 3.05) is 0 Å². The van der Waals surface area contributed by atoms with E-state index in [-0.39, 0.29) is 6.54 Å². The quantitative estimate of drug-likeness (QED) is 0.402. The van der Waals surface area contributed by atoms with Gasteiger partial charge in [-0.25, -0.2) is 4.99 Å². The summed E-state index contributed by atoms with van der Waals surface area (Å²) in [6.07, 6.45) is 0. The number of rotatable bonds is 4. The third kappa shape index (κ3) is 2.96. The first kappa shape index (κ1) is 16.8. The van der Waals surface area contributed by atoms with Gasteiger partial charge in [-0.05, 0) is 38.3 Å². The molecule has 0 unspecified atom stereocenters. The topological polar surface area (TPSA) is 113 Å². The van der Waals surface area contributed by atoms with Crippen LogP contribution in [0.2, 0.25) is 0 Å². The Labute approximate surface area is 139 Å². The number of nitrogens with one attached hydrogen (secondary N) is 1. The van der Waals surface area contributed by atoms with Gasteiger partial charge < -0.3 is 4.57 Å². The van der Waals surface area contributed by atoms with Gasteiger partial charge in [0.15, 0.2) is 5.84 Å². The van der Waals surface area contributed by atoms with Crippen LogP contribution in [0.25, 0.3) is 11.1 Å². The van der Waals surface area contributed by atoms with Crippen molar-refractivity contribution in [1.29, 1.82) is 16.1 Å². The second kappa shape index (κ2) is 7.12. The highest BCUT2D eigenvalue weighted by Gasteiger charge is 2.19. The van der Waals surface area contributed by atoms with Gasteiger partial charge in [-0.1, -0.05) is 17.4 Å². The molecular formula is C17H15N7. The normalized spacial score (nSPS) is 10.8. The predicted octanol–water partition coefficient (Wildman–Crippen LogP) is 3.56. The number of aromatic nitrogens is 1.